The number of halogens is 1. The molecular formula is C24H19ClN2O2. The van der Waals surface area contributed by atoms with Gasteiger partial charge in [-0.1, -0.05) is 35.9 Å². The third-order valence-corrected chi connectivity index (χ3v) is 4.95. The minimum atomic E-state index is -0.0854. The zero-order valence-corrected chi connectivity index (χ0v) is 16.6. The average Bonchev–Trinajstić information content (AvgIpc) is 3.11. The second kappa shape index (κ2) is 8.33. The number of allylic oxidation sites excluding steroid dienone is 1. The lowest BCUT2D eigenvalue weighted by Crippen LogP contribution is -2.02. The van der Waals surface area contributed by atoms with Crippen LogP contribution in [0.5, 0.6) is 5.75 Å². The number of fused-ring (bicyclic) bond motifs is 1. The zero-order chi connectivity index (χ0) is 20.2. The second-order valence-corrected chi connectivity index (χ2v) is 7.03. The molecule has 4 rings (SSSR count). The summed E-state index contributed by atoms with van der Waals surface area (Å²) in [6.07, 6.45) is 3.32. The van der Waals surface area contributed by atoms with Crippen molar-refractivity contribution in [2.24, 2.45) is 0 Å². The predicted octanol–water partition coefficient (Wildman–Crippen LogP) is 5.64. The van der Waals surface area contributed by atoms with E-state index in [1.54, 1.807) is 43.5 Å². The molecule has 0 aliphatic rings. The maximum Gasteiger partial charge on any atom is 0.185 e. The topological polar surface area (TPSA) is 44.1 Å². The first-order chi connectivity index (χ1) is 14.1. The third-order valence-electron chi connectivity index (χ3n) is 4.70. The first-order valence-corrected chi connectivity index (χ1v) is 9.58. The van der Waals surface area contributed by atoms with Crippen LogP contribution in [0.2, 0.25) is 5.02 Å². The van der Waals surface area contributed by atoms with Crippen molar-refractivity contribution in [3.63, 3.8) is 0 Å². The number of rotatable bonds is 6. The van der Waals surface area contributed by atoms with Crippen LogP contribution in [0, 0.1) is 0 Å². The van der Waals surface area contributed by atoms with Crippen molar-refractivity contribution in [2.45, 2.75) is 6.54 Å². The van der Waals surface area contributed by atoms with E-state index in [4.69, 9.17) is 21.3 Å². The molecule has 0 bridgehead atoms. The molecule has 144 valence electrons. The Labute approximate surface area is 174 Å². The summed E-state index contributed by atoms with van der Waals surface area (Å²) in [5.41, 5.74) is 3.60. The van der Waals surface area contributed by atoms with Gasteiger partial charge in [0.25, 0.3) is 0 Å². The van der Waals surface area contributed by atoms with Gasteiger partial charge in [-0.15, -0.1) is 0 Å². The standard InChI is InChI=1S/C24H19ClN2O2/c1-29-20-12-8-18(9-13-20)23(28)14-15-24-26-21-4-2-3-5-22(21)27(24)16-17-6-10-19(25)11-7-17/h2-15H,16H2,1H3/b15-14+. The molecule has 0 amide bonds. The molecule has 1 heterocycles. The first kappa shape index (κ1) is 19.0. The molecule has 0 aliphatic heterocycles. The summed E-state index contributed by atoms with van der Waals surface area (Å²) in [6, 6.07) is 22.7. The Morgan fingerprint density at radius 1 is 1.03 bits per heavy atom. The van der Waals surface area contributed by atoms with Crippen LogP contribution in [-0.2, 0) is 6.54 Å². The van der Waals surface area contributed by atoms with Crippen molar-refractivity contribution in [3.05, 3.63) is 101 Å². The van der Waals surface area contributed by atoms with E-state index in [2.05, 4.69) is 4.57 Å². The Kier molecular flexibility index (Phi) is 5.45. The number of carbonyl (C=O) groups excluding carboxylic acids is 1. The normalized spacial score (nSPS) is 11.2. The fraction of sp³-hybridized carbons (Fsp3) is 0.0833. The van der Waals surface area contributed by atoms with Crippen LogP contribution < -0.4 is 4.74 Å². The van der Waals surface area contributed by atoms with Gasteiger partial charge in [-0.25, -0.2) is 4.98 Å². The van der Waals surface area contributed by atoms with E-state index in [9.17, 15) is 4.79 Å². The maximum absolute atomic E-state index is 12.6. The predicted molar refractivity (Wildman–Crippen MR) is 117 cm³/mol. The van der Waals surface area contributed by atoms with Gasteiger partial charge >= 0.3 is 0 Å². The summed E-state index contributed by atoms with van der Waals surface area (Å²) < 4.78 is 7.23. The van der Waals surface area contributed by atoms with Crippen LogP contribution in [0.15, 0.2) is 78.9 Å². The summed E-state index contributed by atoms with van der Waals surface area (Å²) in [6.45, 7) is 0.633. The van der Waals surface area contributed by atoms with Gasteiger partial charge in [0.05, 0.1) is 18.1 Å². The van der Waals surface area contributed by atoms with Crippen molar-refractivity contribution in [1.29, 1.82) is 0 Å². The Bertz CT molecular complexity index is 1180. The zero-order valence-electron chi connectivity index (χ0n) is 15.9. The van der Waals surface area contributed by atoms with Gasteiger partial charge in [-0.05, 0) is 66.2 Å². The third kappa shape index (κ3) is 4.23. The number of nitrogens with zero attached hydrogens (tertiary/aromatic N) is 2. The van der Waals surface area contributed by atoms with Crippen molar-refractivity contribution in [3.8, 4) is 5.75 Å². The molecule has 0 radical (unpaired) electrons. The number of methoxy groups -OCH3 is 1. The molecule has 4 nitrogen and oxygen atoms in total. The molecule has 0 unspecified atom stereocenters. The van der Waals surface area contributed by atoms with Gasteiger partial charge in [-0.2, -0.15) is 0 Å². The van der Waals surface area contributed by atoms with Crippen LogP contribution in [0.4, 0.5) is 0 Å². The molecule has 0 fully saturated rings. The first-order valence-electron chi connectivity index (χ1n) is 9.20. The number of imidazole rings is 1. The number of para-hydroxylation sites is 2. The van der Waals surface area contributed by atoms with Crippen molar-refractivity contribution in [2.75, 3.05) is 7.11 Å². The number of hydrogen-bond donors (Lipinski definition) is 0. The SMILES string of the molecule is COc1ccc(C(=O)/C=C/c2nc3ccccc3n2Cc2ccc(Cl)cc2)cc1. The molecular weight excluding hydrogens is 384 g/mol. The van der Waals surface area contributed by atoms with Gasteiger partial charge < -0.3 is 9.30 Å². The van der Waals surface area contributed by atoms with Crippen molar-refractivity contribution >= 4 is 34.5 Å². The summed E-state index contributed by atoms with van der Waals surface area (Å²) >= 11 is 6.01. The molecule has 0 N–H and O–H groups in total. The van der Waals surface area contributed by atoms with Crippen molar-refractivity contribution < 1.29 is 9.53 Å². The number of benzene rings is 3. The lowest BCUT2D eigenvalue weighted by molar-refractivity contribution is 0.104. The van der Waals surface area contributed by atoms with Crippen molar-refractivity contribution in [1.82, 2.24) is 9.55 Å². The van der Waals surface area contributed by atoms with E-state index in [1.165, 1.54) is 0 Å². The Balaban J connectivity index is 1.66. The van der Waals surface area contributed by atoms with E-state index in [-0.39, 0.29) is 5.78 Å². The summed E-state index contributed by atoms with van der Waals surface area (Å²) in [7, 11) is 1.60. The quantitative estimate of drug-likeness (QED) is 0.309. The lowest BCUT2D eigenvalue weighted by atomic mass is 10.1. The minimum absolute atomic E-state index is 0.0854. The Morgan fingerprint density at radius 3 is 2.48 bits per heavy atom. The molecule has 29 heavy (non-hydrogen) atoms. The molecule has 5 heteroatoms. The highest BCUT2D eigenvalue weighted by Crippen LogP contribution is 2.20. The fourth-order valence-electron chi connectivity index (χ4n) is 3.16. The summed E-state index contributed by atoms with van der Waals surface area (Å²) in [4.78, 5) is 17.3. The Morgan fingerprint density at radius 2 is 1.76 bits per heavy atom. The summed E-state index contributed by atoms with van der Waals surface area (Å²) in [5.74, 6) is 1.36. The average molecular weight is 403 g/mol. The smallest absolute Gasteiger partial charge is 0.185 e. The number of ether oxygens (including phenoxy) is 1. The number of carbonyl (C=O) groups is 1. The van der Waals surface area contributed by atoms with Gasteiger partial charge in [0.1, 0.15) is 11.6 Å². The van der Waals surface area contributed by atoms with Gasteiger partial charge in [0.15, 0.2) is 5.78 Å². The largest absolute Gasteiger partial charge is 0.497 e. The molecule has 0 saturated heterocycles. The molecule has 1 aromatic heterocycles. The van der Waals surface area contributed by atoms with Gasteiger partial charge in [0.2, 0.25) is 0 Å². The van der Waals surface area contributed by atoms with E-state index >= 15 is 0 Å². The highest BCUT2D eigenvalue weighted by atomic mass is 35.5. The number of ketones is 1. The van der Waals surface area contributed by atoms with Crippen LogP contribution >= 0.6 is 11.6 Å². The van der Waals surface area contributed by atoms with E-state index < -0.39 is 0 Å². The monoisotopic (exact) mass is 402 g/mol. The Hall–Kier alpha value is -3.37. The van der Waals surface area contributed by atoms with Gasteiger partial charge in [0, 0.05) is 17.1 Å². The van der Waals surface area contributed by atoms with Crippen LogP contribution in [0.1, 0.15) is 21.7 Å². The van der Waals surface area contributed by atoms with E-state index in [0.717, 1.165) is 28.2 Å². The van der Waals surface area contributed by atoms with E-state index in [0.29, 0.717) is 17.1 Å². The molecule has 3 aromatic carbocycles. The van der Waals surface area contributed by atoms with E-state index in [1.807, 2.05) is 48.5 Å². The fourth-order valence-corrected chi connectivity index (χ4v) is 3.29. The second-order valence-electron chi connectivity index (χ2n) is 6.60. The van der Waals surface area contributed by atoms with Gasteiger partial charge in [-0.3, -0.25) is 4.79 Å². The highest BCUT2D eigenvalue weighted by Gasteiger charge is 2.10. The van der Waals surface area contributed by atoms with Crippen LogP contribution in [-0.4, -0.2) is 22.4 Å². The van der Waals surface area contributed by atoms with Crippen LogP contribution in [0.3, 0.4) is 0 Å². The molecule has 4 aromatic rings. The number of aromatic nitrogens is 2. The van der Waals surface area contributed by atoms with Crippen LogP contribution in [0.25, 0.3) is 17.1 Å². The molecule has 0 spiro atoms. The minimum Gasteiger partial charge on any atom is -0.497 e. The molecule has 0 atom stereocenters. The number of hydrogen-bond acceptors (Lipinski definition) is 3. The molecule has 0 aliphatic carbocycles. The highest BCUT2D eigenvalue weighted by molar-refractivity contribution is 6.30. The molecule has 0 saturated carbocycles. The lowest BCUT2D eigenvalue weighted by Gasteiger charge is -2.07. The summed E-state index contributed by atoms with van der Waals surface area (Å²) in [5, 5.41) is 0.703. The maximum atomic E-state index is 12.6.